The lowest BCUT2D eigenvalue weighted by Gasteiger charge is -2.18. The van der Waals surface area contributed by atoms with E-state index in [2.05, 4.69) is 106 Å². The zero-order valence-corrected chi connectivity index (χ0v) is 41.5. The molecular weight excluding hydrogens is 793 g/mol. The molecule has 0 aromatic carbocycles. The maximum absolute atomic E-state index is 12.8. The normalized spacial score (nSPS) is 12.9. The molecule has 0 aromatic heterocycles. The van der Waals surface area contributed by atoms with Gasteiger partial charge in [0.2, 0.25) is 0 Å². The summed E-state index contributed by atoms with van der Waals surface area (Å²) in [5, 5.41) is 0. The van der Waals surface area contributed by atoms with Gasteiger partial charge in [0.1, 0.15) is 13.2 Å². The van der Waals surface area contributed by atoms with E-state index in [4.69, 9.17) is 14.2 Å². The number of hydrogen-bond donors (Lipinski definition) is 0. The van der Waals surface area contributed by atoms with Gasteiger partial charge in [-0.3, -0.25) is 14.4 Å². The predicted octanol–water partition coefficient (Wildman–Crippen LogP) is 17.4. The first-order valence-corrected chi connectivity index (χ1v) is 26.2. The summed E-state index contributed by atoms with van der Waals surface area (Å²) in [5.41, 5.74) is 0. The van der Waals surface area contributed by atoms with E-state index in [9.17, 15) is 14.4 Å². The van der Waals surface area contributed by atoms with Crippen molar-refractivity contribution in [1.29, 1.82) is 0 Å². The van der Waals surface area contributed by atoms with Crippen LogP contribution in [0.2, 0.25) is 0 Å². The van der Waals surface area contributed by atoms with Crippen LogP contribution in [0.1, 0.15) is 233 Å². The van der Waals surface area contributed by atoms with Crippen molar-refractivity contribution >= 4 is 17.9 Å². The van der Waals surface area contributed by atoms with Gasteiger partial charge in [-0.15, -0.1) is 0 Å². The summed E-state index contributed by atoms with van der Waals surface area (Å²) in [7, 11) is 0. The third-order valence-electron chi connectivity index (χ3n) is 10.8. The summed E-state index contributed by atoms with van der Waals surface area (Å²) in [6.07, 6.45) is 68.3. The van der Waals surface area contributed by atoms with Gasteiger partial charge in [-0.2, -0.15) is 0 Å². The summed E-state index contributed by atoms with van der Waals surface area (Å²) >= 11 is 0. The summed E-state index contributed by atoms with van der Waals surface area (Å²) in [5.74, 6) is -1.02. The fourth-order valence-electron chi connectivity index (χ4n) is 6.87. The van der Waals surface area contributed by atoms with Crippen LogP contribution in [0, 0.1) is 0 Å². The van der Waals surface area contributed by atoms with Crippen molar-refractivity contribution in [2.45, 2.75) is 239 Å². The molecule has 0 rings (SSSR count). The van der Waals surface area contributed by atoms with Crippen molar-refractivity contribution < 1.29 is 28.6 Å². The lowest BCUT2D eigenvalue weighted by Crippen LogP contribution is -2.30. The summed E-state index contributed by atoms with van der Waals surface area (Å²) < 4.78 is 16.7. The van der Waals surface area contributed by atoms with Gasteiger partial charge in [0, 0.05) is 19.3 Å². The van der Waals surface area contributed by atoms with Gasteiger partial charge < -0.3 is 14.2 Å². The smallest absolute Gasteiger partial charge is 0.306 e. The minimum Gasteiger partial charge on any atom is -0.462 e. The third-order valence-corrected chi connectivity index (χ3v) is 10.8. The molecule has 1 atom stereocenters. The monoisotopic (exact) mass is 889 g/mol. The Morgan fingerprint density at radius 1 is 0.328 bits per heavy atom. The number of ether oxygens (including phenoxy) is 3. The number of esters is 3. The largest absolute Gasteiger partial charge is 0.462 e. The van der Waals surface area contributed by atoms with Gasteiger partial charge in [-0.1, -0.05) is 201 Å². The molecule has 0 spiro atoms. The quantitative estimate of drug-likeness (QED) is 0.0262. The number of unbranched alkanes of at least 4 members (excludes halogenated alkanes) is 19. The Labute approximate surface area is 394 Å². The van der Waals surface area contributed by atoms with Crippen LogP contribution in [-0.4, -0.2) is 37.2 Å². The average molecular weight is 889 g/mol. The Balaban J connectivity index is 4.50. The molecule has 0 heterocycles. The van der Waals surface area contributed by atoms with Crippen LogP contribution in [-0.2, 0) is 28.6 Å². The molecule has 0 amide bonds. The molecule has 6 nitrogen and oxygen atoms in total. The zero-order chi connectivity index (χ0) is 46.5. The standard InChI is InChI=1S/C58H96O6/c1-4-7-10-13-16-19-22-25-27-29-31-33-36-39-42-45-48-51-57(60)63-54-55(53-62-56(59)50-47-44-41-38-35-32-24-21-18-15-12-9-6-3)64-58(61)52-49-46-43-40-37-34-30-28-26-23-20-17-14-11-8-5-2/h9,12,16,18-21,23,25,27-28,30,32,35,41,44,55H,4-8,10-11,13-15,17,22,24,26,29,31,33-34,36-40,42-43,45-54H2,1-3H3/b12-9-,19-16-,21-18-,23-20-,27-25-,30-28-,35-32-,44-41-. The van der Waals surface area contributed by atoms with Crippen LogP contribution in [0.5, 0.6) is 0 Å². The van der Waals surface area contributed by atoms with E-state index in [1.807, 2.05) is 12.2 Å². The highest BCUT2D eigenvalue weighted by atomic mass is 16.6. The number of carbonyl (C=O) groups excluding carboxylic acids is 3. The van der Waals surface area contributed by atoms with Crippen LogP contribution >= 0.6 is 0 Å². The van der Waals surface area contributed by atoms with E-state index >= 15 is 0 Å². The second-order valence-electron chi connectivity index (χ2n) is 17.0. The highest BCUT2D eigenvalue weighted by molar-refractivity contribution is 5.71. The SMILES string of the molecule is CC/C=C\C/C=C\C/C=C\C/C=C\CCC(=O)OCC(COC(=O)CCCCCCCCC/C=C\C/C=C\CCCCC)OC(=O)CCCCCCC/C=C\C/C=C\CCCCCC. The van der Waals surface area contributed by atoms with E-state index in [0.29, 0.717) is 19.3 Å². The molecular formula is C58H96O6. The molecule has 1 unspecified atom stereocenters. The first-order chi connectivity index (χ1) is 31.5. The molecule has 0 aliphatic carbocycles. The second-order valence-corrected chi connectivity index (χ2v) is 17.0. The number of hydrogen-bond acceptors (Lipinski definition) is 6. The highest BCUT2D eigenvalue weighted by Crippen LogP contribution is 2.13. The first kappa shape index (κ1) is 60.3. The minimum absolute atomic E-state index is 0.110. The Kier molecular flexibility index (Phi) is 49.0. The summed E-state index contributed by atoms with van der Waals surface area (Å²) in [6.45, 7) is 6.39. The molecule has 0 aromatic rings. The molecule has 364 valence electrons. The maximum Gasteiger partial charge on any atom is 0.306 e. The van der Waals surface area contributed by atoms with Crippen molar-refractivity contribution in [3.05, 3.63) is 97.2 Å². The van der Waals surface area contributed by atoms with E-state index in [1.165, 1.54) is 83.5 Å². The fourth-order valence-corrected chi connectivity index (χ4v) is 6.87. The van der Waals surface area contributed by atoms with E-state index in [1.54, 1.807) is 0 Å². The molecule has 64 heavy (non-hydrogen) atoms. The van der Waals surface area contributed by atoms with Gasteiger partial charge in [-0.25, -0.2) is 0 Å². The molecule has 0 aliphatic heterocycles. The fraction of sp³-hybridized carbons (Fsp3) is 0.672. The number of rotatable bonds is 46. The third kappa shape index (κ3) is 49.3. The van der Waals surface area contributed by atoms with E-state index < -0.39 is 6.10 Å². The topological polar surface area (TPSA) is 78.9 Å². The molecule has 0 N–H and O–H groups in total. The molecule has 0 fully saturated rings. The Hall–Kier alpha value is -3.67. The lowest BCUT2D eigenvalue weighted by atomic mass is 10.1. The average Bonchev–Trinajstić information content (AvgIpc) is 3.29. The molecule has 0 radical (unpaired) electrons. The summed E-state index contributed by atoms with van der Waals surface area (Å²) in [6, 6.07) is 0. The Morgan fingerprint density at radius 3 is 1.08 bits per heavy atom. The predicted molar refractivity (Wildman–Crippen MR) is 274 cm³/mol. The molecule has 6 heteroatoms. The molecule has 0 bridgehead atoms. The van der Waals surface area contributed by atoms with Gasteiger partial charge in [0.05, 0.1) is 0 Å². The van der Waals surface area contributed by atoms with Crippen molar-refractivity contribution in [2.24, 2.45) is 0 Å². The summed E-state index contributed by atoms with van der Waals surface area (Å²) in [4.78, 5) is 38.0. The molecule has 0 saturated heterocycles. The Morgan fingerprint density at radius 2 is 0.641 bits per heavy atom. The van der Waals surface area contributed by atoms with E-state index in [0.717, 1.165) is 103 Å². The van der Waals surface area contributed by atoms with Crippen molar-refractivity contribution in [1.82, 2.24) is 0 Å². The van der Waals surface area contributed by atoms with Gasteiger partial charge in [-0.05, 0) is 109 Å². The van der Waals surface area contributed by atoms with Gasteiger partial charge >= 0.3 is 17.9 Å². The van der Waals surface area contributed by atoms with Crippen LogP contribution in [0.25, 0.3) is 0 Å². The van der Waals surface area contributed by atoms with Crippen molar-refractivity contribution in [3.63, 3.8) is 0 Å². The highest BCUT2D eigenvalue weighted by Gasteiger charge is 2.19. The first-order valence-electron chi connectivity index (χ1n) is 26.2. The number of allylic oxidation sites excluding steroid dienone is 16. The second kappa shape index (κ2) is 52.0. The minimum atomic E-state index is -0.817. The number of carbonyl (C=O) groups is 3. The molecule has 0 saturated carbocycles. The van der Waals surface area contributed by atoms with E-state index in [-0.39, 0.29) is 37.5 Å². The zero-order valence-electron chi connectivity index (χ0n) is 41.5. The van der Waals surface area contributed by atoms with Crippen LogP contribution in [0.4, 0.5) is 0 Å². The van der Waals surface area contributed by atoms with Crippen LogP contribution < -0.4 is 0 Å². The van der Waals surface area contributed by atoms with Crippen molar-refractivity contribution in [2.75, 3.05) is 13.2 Å². The lowest BCUT2D eigenvalue weighted by molar-refractivity contribution is -0.166. The van der Waals surface area contributed by atoms with Gasteiger partial charge in [0.25, 0.3) is 0 Å². The Bertz CT molecular complexity index is 1300. The van der Waals surface area contributed by atoms with Crippen LogP contribution in [0.15, 0.2) is 97.2 Å². The van der Waals surface area contributed by atoms with Crippen LogP contribution in [0.3, 0.4) is 0 Å². The molecule has 0 aliphatic rings. The maximum atomic E-state index is 12.8. The van der Waals surface area contributed by atoms with Crippen molar-refractivity contribution in [3.8, 4) is 0 Å². The van der Waals surface area contributed by atoms with Gasteiger partial charge in [0.15, 0.2) is 6.10 Å².